The van der Waals surface area contributed by atoms with Gasteiger partial charge in [0.2, 0.25) is 0 Å². The molecule has 1 N–H and O–H groups in total. The minimum absolute atomic E-state index is 0. The molecule has 0 unspecified atom stereocenters. The second kappa shape index (κ2) is 16.4. The van der Waals surface area contributed by atoms with Crippen molar-refractivity contribution in [3.05, 3.63) is 65.9 Å². The van der Waals surface area contributed by atoms with Crippen LogP contribution in [0.25, 0.3) is 5.73 Å². The van der Waals surface area contributed by atoms with E-state index in [2.05, 4.69) is 46.0 Å². The van der Waals surface area contributed by atoms with E-state index in [1.54, 1.807) is 24.3 Å². The van der Waals surface area contributed by atoms with Gasteiger partial charge in [-0.2, -0.15) is 6.08 Å². The van der Waals surface area contributed by atoms with Crippen molar-refractivity contribution in [3.8, 4) is 0 Å². The molecular formula is C15H17Cl2NOTi-2. The monoisotopic (exact) mass is 345 g/mol. The fraction of sp³-hybridized carbons (Fsp3) is 0.200. The van der Waals surface area contributed by atoms with E-state index in [1.165, 1.54) is 3.81 Å². The fourth-order valence-electron chi connectivity index (χ4n) is 0.930. The quantitative estimate of drug-likeness (QED) is 0.426. The van der Waals surface area contributed by atoms with Gasteiger partial charge in [-0.3, -0.25) is 6.08 Å². The number of carbonyl (C=O) groups excluding carboxylic acids is 1. The molecule has 1 aliphatic rings. The Balaban J connectivity index is -0.000000228. The van der Waals surface area contributed by atoms with E-state index in [9.17, 15) is 4.79 Å². The van der Waals surface area contributed by atoms with Crippen LogP contribution in [0.1, 0.15) is 30.6 Å². The summed E-state index contributed by atoms with van der Waals surface area (Å²) in [5.74, 6) is -0.629. The molecule has 5 heteroatoms. The summed E-state index contributed by atoms with van der Waals surface area (Å²) in [4.78, 5) is 10.3. The molecule has 0 aromatic heterocycles. The van der Waals surface area contributed by atoms with E-state index in [-0.39, 0.29) is 24.8 Å². The summed E-state index contributed by atoms with van der Waals surface area (Å²) in [6.07, 6.45) is 10.0. The predicted octanol–water partition coefficient (Wildman–Crippen LogP) is -2.06. The van der Waals surface area contributed by atoms with Crippen molar-refractivity contribution in [2.45, 2.75) is 20.3 Å². The minimum Gasteiger partial charge on any atom is -1.00 e. The maximum Gasteiger partial charge on any atom is 0.0796 e. The number of allylic oxidation sites excluding steroid dienone is 4. The van der Waals surface area contributed by atoms with E-state index in [4.69, 9.17) is 5.73 Å². The Morgan fingerprint density at radius 2 is 1.70 bits per heavy atom. The fourth-order valence-corrected chi connectivity index (χ4v) is 0.930. The zero-order chi connectivity index (χ0) is 13.8. The Hall–Kier alpha value is -0.666. The summed E-state index contributed by atoms with van der Waals surface area (Å²) < 4.78 is 1.42. The molecule has 0 saturated carbocycles. The van der Waals surface area contributed by atoms with Crippen molar-refractivity contribution in [2.24, 2.45) is 0 Å². The van der Waals surface area contributed by atoms with Gasteiger partial charge in [0.1, 0.15) is 0 Å². The number of amides is 1. The Bertz CT molecular complexity index is 417. The maximum absolute atomic E-state index is 10.3. The Morgan fingerprint density at radius 3 is 1.90 bits per heavy atom. The van der Waals surface area contributed by atoms with Gasteiger partial charge in [-0.15, -0.1) is 6.42 Å². The molecule has 0 fully saturated rings. The van der Waals surface area contributed by atoms with Gasteiger partial charge in [0.05, 0.1) is 5.91 Å². The molecule has 2 nitrogen and oxygen atoms in total. The first-order valence-corrected chi connectivity index (χ1v) is 6.36. The van der Waals surface area contributed by atoms with Crippen LogP contribution in [-0.2, 0) is 20.0 Å². The molecule has 1 aliphatic carbocycles. The minimum atomic E-state index is -0.629. The summed E-state index contributed by atoms with van der Waals surface area (Å²) in [5, 5.41) is 0. The molecule has 0 atom stereocenters. The van der Waals surface area contributed by atoms with Gasteiger partial charge >= 0.3 is 37.6 Å². The Morgan fingerprint density at radius 1 is 1.20 bits per heavy atom. The summed E-state index contributed by atoms with van der Waals surface area (Å²) in [7, 11) is 0. The van der Waals surface area contributed by atoms with Crippen LogP contribution in [0.15, 0.2) is 48.6 Å². The number of carbonyl (C=O) groups is 1. The van der Waals surface area contributed by atoms with E-state index >= 15 is 0 Å². The van der Waals surface area contributed by atoms with Crippen molar-refractivity contribution in [3.63, 3.8) is 0 Å². The smallest absolute Gasteiger partial charge is 0.0796 e. The van der Waals surface area contributed by atoms with Crippen LogP contribution in [0, 0.1) is 6.08 Å². The zero-order valence-corrected chi connectivity index (χ0v) is 14.6. The Labute approximate surface area is 145 Å². The zero-order valence-electron chi connectivity index (χ0n) is 11.5. The molecule has 108 valence electrons. The number of halogens is 2. The van der Waals surface area contributed by atoms with Crippen LogP contribution < -0.4 is 24.8 Å². The van der Waals surface area contributed by atoms with Crippen molar-refractivity contribution in [1.29, 1.82) is 0 Å². The first-order chi connectivity index (χ1) is 8.54. The molecule has 20 heavy (non-hydrogen) atoms. The van der Waals surface area contributed by atoms with Gasteiger partial charge in [0, 0.05) is 0 Å². The van der Waals surface area contributed by atoms with Crippen LogP contribution >= 0.6 is 0 Å². The van der Waals surface area contributed by atoms with Crippen molar-refractivity contribution in [1.82, 2.24) is 0 Å². The first-order valence-electron chi connectivity index (χ1n) is 5.58. The third kappa shape index (κ3) is 17.3. The molecule has 0 aliphatic heterocycles. The predicted molar refractivity (Wildman–Crippen MR) is 73.0 cm³/mol. The van der Waals surface area contributed by atoms with Crippen molar-refractivity contribution >= 4 is 9.72 Å². The molecule has 0 spiro atoms. The molecule has 0 saturated heterocycles. The molecule has 0 bridgehead atoms. The average molecular weight is 346 g/mol. The first kappa shape index (κ1) is 24.4. The number of hydrogen-bond acceptors (Lipinski definition) is 1. The van der Waals surface area contributed by atoms with Gasteiger partial charge in [0.25, 0.3) is 0 Å². The molecule has 1 aromatic rings. The van der Waals surface area contributed by atoms with Gasteiger partial charge < -0.3 is 35.3 Å². The standard InChI is InChI=1S/C7H7NO.C5H5.C3H6.2ClH.Ti/c8-7(9)6-4-2-1-3-5-6;1-2-4-5-3-1;1-3-2;;;/h1-5H,(H2,8,9);1-3H,4H2;1-2H3;2*1H;/q;-1;;;;+2/p-3. The molecule has 0 radical (unpaired) electrons. The number of benzene rings is 1. The number of nitrogens with one attached hydrogen (secondary N) is 1. The number of rotatable bonds is 1. The second-order valence-electron chi connectivity index (χ2n) is 3.70. The summed E-state index contributed by atoms with van der Waals surface area (Å²) in [6.45, 7) is 4.17. The topological polar surface area (TPSA) is 40.9 Å². The average Bonchev–Trinajstić information content (AvgIpc) is 2.88. The molecule has 1 amide bonds. The van der Waals surface area contributed by atoms with E-state index in [1.807, 2.05) is 18.2 Å². The van der Waals surface area contributed by atoms with Gasteiger partial charge in [0.15, 0.2) is 0 Å². The van der Waals surface area contributed by atoms with E-state index in [0.29, 0.717) is 5.56 Å². The van der Waals surface area contributed by atoms with Crippen LogP contribution in [-0.4, -0.2) is 9.72 Å². The normalized spacial score (nSPS) is 9.80. The molecule has 2 rings (SSSR count). The maximum atomic E-state index is 10.3. The van der Waals surface area contributed by atoms with Gasteiger partial charge in [-0.25, -0.2) is 12.2 Å². The van der Waals surface area contributed by atoms with Gasteiger partial charge in [-0.05, 0) is 5.56 Å². The summed E-state index contributed by atoms with van der Waals surface area (Å²) >= 11 is 2.08. The molecule has 0 heterocycles. The third-order valence-electron chi connectivity index (χ3n) is 1.62. The van der Waals surface area contributed by atoms with E-state index < -0.39 is 5.91 Å². The van der Waals surface area contributed by atoms with Crippen LogP contribution in [0.2, 0.25) is 0 Å². The summed E-state index contributed by atoms with van der Waals surface area (Å²) in [6, 6.07) is 8.53. The van der Waals surface area contributed by atoms with Crippen molar-refractivity contribution < 1.29 is 49.6 Å². The van der Waals surface area contributed by atoms with Crippen LogP contribution in [0.5, 0.6) is 0 Å². The van der Waals surface area contributed by atoms with E-state index in [0.717, 1.165) is 6.42 Å². The van der Waals surface area contributed by atoms with Crippen LogP contribution in [0.3, 0.4) is 0 Å². The summed E-state index contributed by atoms with van der Waals surface area (Å²) in [5.41, 5.74) is 7.12. The SMILES string of the molecule is C[C](C)=[Ti+2].[C-]1=CC=CC1.[Cl-].[Cl-].[NH-]C(=O)c1ccccc1. The van der Waals surface area contributed by atoms with Crippen LogP contribution in [0.4, 0.5) is 0 Å². The molecule has 1 aromatic carbocycles. The van der Waals surface area contributed by atoms with Crippen molar-refractivity contribution in [2.75, 3.05) is 0 Å². The second-order valence-corrected chi connectivity index (χ2v) is 5.26. The molecular weight excluding hydrogens is 329 g/mol. The largest absolute Gasteiger partial charge is 1.00 e. The Kier molecular flexibility index (Phi) is 20.0. The van der Waals surface area contributed by atoms with Gasteiger partial charge in [-0.1, -0.05) is 30.3 Å². The third-order valence-corrected chi connectivity index (χ3v) is 1.62. The number of hydrogen-bond donors (Lipinski definition) is 0.